The van der Waals surface area contributed by atoms with Crippen molar-refractivity contribution in [3.63, 3.8) is 0 Å². The predicted octanol–water partition coefficient (Wildman–Crippen LogP) is 5.20. The molecule has 4 heteroatoms. The monoisotopic (exact) mass is 417 g/mol. The van der Waals surface area contributed by atoms with Crippen molar-refractivity contribution in [2.45, 2.75) is 13.8 Å². The molecule has 3 heterocycles. The standard InChI is InChI=1S/C27H20BNOS/c1-17-9-7-10-18(2)24(17)28-21-13-3-4-15-23(21)30-25-20-12-8-11-19(26(20)31-27(25)28)22-14-5-6-16-29-22/h3-16H,1-2H3. The summed E-state index contributed by atoms with van der Waals surface area (Å²) in [4.78, 5) is 4.62. The third-order valence-electron chi connectivity index (χ3n) is 6.17. The van der Waals surface area contributed by atoms with E-state index in [9.17, 15) is 0 Å². The lowest BCUT2D eigenvalue weighted by atomic mass is 9.37. The second kappa shape index (κ2) is 7.10. The van der Waals surface area contributed by atoms with Gasteiger partial charge in [0.2, 0.25) is 0 Å². The fourth-order valence-corrected chi connectivity index (χ4v) is 6.15. The molecule has 0 amide bonds. The molecule has 0 aliphatic carbocycles. The first-order chi connectivity index (χ1) is 15.2. The van der Waals surface area contributed by atoms with Crippen molar-refractivity contribution in [1.29, 1.82) is 0 Å². The van der Waals surface area contributed by atoms with Crippen LogP contribution >= 0.6 is 11.3 Å². The fourth-order valence-electron chi connectivity index (χ4n) is 4.77. The summed E-state index contributed by atoms with van der Waals surface area (Å²) in [5.41, 5.74) is 7.40. The highest BCUT2D eigenvalue weighted by molar-refractivity contribution is 7.33. The average molecular weight is 417 g/mol. The molecule has 0 atom stereocenters. The van der Waals surface area contributed by atoms with Gasteiger partial charge in [0.05, 0.1) is 5.69 Å². The van der Waals surface area contributed by atoms with Gasteiger partial charge in [-0.15, -0.1) is 11.3 Å². The summed E-state index contributed by atoms with van der Waals surface area (Å²) in [5, 5.41) is 1.16. The molecule has 3 aromatic carbocycles. The van der Waals surface area contributed by atoms with Gasteiger partial charge in [0, 0.05) is 26.6 Å². The Balaban J connectivity index is 1.67. The molecule has 148 valence electrons. The van der Waals surface area contributed by atoms with Crippen LogP contribution in [0.5, 0.6) is 11.5 Å². The molecule has 1 aliphatic rings. The van der Waals surface area contributed by atoms with Crippen LogP contribution in [0.25, 0.3) is 21.3 Å². The maximum Gasteiger partial charge on any atom is 0.264 e. The van der Waals surface area contributed by atoms with Gasteiger partial charge < -0.3 is 4.74 Å². The molecule has 0 saturated heterocycles. The van der Waals surface area contributed by atoms with Crippen LogP contribution in [0.4, 0.5) is 0 Å². The second-order valence-corrected chi connectivity index (χ2v) is 9.12. The van der Waals surface area contributed by atoms with Gasteiger partial charge in [-0.05, 0) is 43.6 Å². The highest BCUT2D eigenvalue weighted by atomic mass is 32.1. The minimum atomic E-state index is 0.162. The summed E-state index contributed by atoms with van der Waals surface area (Å²) in [6, 6.07) is 27.6. The molecule has 1 aliphatic heterocycles. The molecule has 0 bridgehead atoms. The largest absolute Gasteiger partial charge is 0.457 e. The number of ether oxygens (including phenoxy) is 1. The number of rotatable bonds is 2. The Bertz CT molecular complexity index is 1420. The van der Waals surface area contributed by atoms with E-state index in [0.717, 1.165) is 28.1 Å². The molecular weight excluding hydrogens is 397 g/mol. The van der Waals surface area contributed by atoms with Crippen molar-refractivity contribution in [3.05, 3.63) is 96.2 Å². The summed E-state index contributed by atoms with van der Waals surface area (Å²) in [5.74, 6) is 1.94. The van der Waals surface area contributed by atoms with Gasteiger partial charge >= 0.3 is 0 Å². The number of thiophene rings is 1. The van der Waals surface area contributed by atoms with Gasteiger partial charge in [0.15, 0.2) is 0 Å². The van der Waals surface area contributed by atoms with Crippen molar-refractivity contribution >= 4 is 43.8 Å². The zero-order valence-electron chi connectivity index (χ0n) is 17.4. The first-order valence-electron chi connectivity index (χ1n) is 10.5. The molecule has 0 spiro atoms. The van der Waals surface area contributed by atoms with E-state index < -0.39 is 0 Å². The minimum Gasteiger partial charge on any atom is -0.457 e. The Morgan fingerprint density at radius 3 is 2.39 bits per heavy atom. The number of fused-ring (bicyclic) bond motifs is 4. The Morgan fingerprint density at radius 1 is 0.806 bits per heavy atom. The van der Waals surface area contributed by atoms with Crippen molar-refractivity contribution in [2.75, 3.05) is 0 Å². The lowest BCUT2D eigenvalue weighted by Crippen LogP contribution is -2.55. The van der Waals surface area contributed by atoms with Crippen LogP contribution in [0, 0.1) is 13.8 Å². The molecule has 0 radical (unpaired) electrons. The van der Waals surface area contributed by atoms with E-state index >= 15 is 0 Å². The van der Waals surface area contributed by atoms with Crippen LogP contribution in [0.2, 0.25) is 0 Å². The molecule has 6 rings (SSSR count). The number of benzene rings is 3. The van der Waals surface area contributed by atoms with Crippen molar-refractivity contribution < 1.29 is 4.74 Å². The van der Waals surface area contributed by atoms with Gasteiger partial charge in [0.25, 0.3) is 6.71 Å². The summed E-state index contributed by atoms with van der Waals surface area (Å²) in [6.45, 7) is 4.59. The summed E-state index contributed by atoms with van der Waals surface area (Å²) in [6.07, 6.45) is 1.85. The minimum absolute atomic E-state index is 0.162. The molecule has 0 fully saturated rings. The van der Waals surface area contributed by atoms with Crippen LogP contribution in [-0.4, -0.2) is 11.7 Å². The summed E-state index contributed by atoms with van der Waals surface area (Å²) >= 11 is 1.84. The zero-order chi connectivity index (χ0) is 20.9. The summed E-state index contributed by atoms with van der Waals surface area (Å²) < 4.78 is 9.05. The lowest BCUT2D eigenvalue weighted by molar-refractivity contribution is 0.494. The fraction of sp³-hybridized carbons (Fsp3) is 0.0741. The molecule has 0 unspecified atom stereocenters. The van der Waals surface area contributed by atoms with E-state index in [0.29, 0.717) is 0 Å². The molecule has 0 N–H and O–H groups in total. The SMILES string of the molecule is Cc1cccc(C)c1B1c2ccccc2Oc2c1sc1c(-c3ccccn3)cccc21. The van der Waals surface area contributed by atoms with Crippen molar-refractivity contribution in [2.24, 2.45) is 0 Å². The smallest absolute Gasteiger partial charge is 0.264 e. The molecule has 31 heavy (non-hydrogen) atoms. The molecule has 2 aromatic heterocycles. The topological polar surface area (TPSA) is 22.1 Å². The third-order valence-corrected chi connectivity index (χ3v) is 7.46. The van der Waals surface area contributed by atoms with Gasteiger partial charge in [0.1, 0.15) is 11.5 Å². The number of pyridine rings is 1. The van der Waals surface area contributed by atoms with Crippen molar-refractivity contribution in [3.8, 4) is 22.8 Å². The Morgan fingerprint density at radius 2 is 1.58 bits per heavy atom. The third kappa shape index (κ3) is 2.83. The molecule has 0 saturated carbocycles. The second-order valence-electron chi connectivity index (χ2n) is 8.07. The van der Waals surface area contributed by atoms with E-state index in [1.54, 1.807) is 0 Å². The van der Waals surface area contributed by atoms with Crippen LogP contribution in [0.1, 0.15) is 11.1 Å². The number of para-hydroxylation sites is 1. The molecule has 2 nitrogen and oxygen atoms in total. The maximum absolute atomic E-state index is 6.54. The Hall–Kier alpha value is -3.37. The average Bonchev–Trinajstić information content (AvgIpc) is 3.17. The molecular formula is C27H20BNOS. The predicted molar refractivity (Wildman–Crippen MR) is 132 cm³/mol. The number of hydrogen-bond donors (Lipinski definition) is 0. The number of aryl methyl sites for hydroxylation is 2. The summed E-state index contributed by atoms with van der Waals surface area (Å²) in [7, 11) is 0. The number of aromatic nitrogens is 1. The van der Waals surface area contributed by atoms with Gasteiger partial charge in [-0.25, -0.2) is 0 Å². The van der Waals surface area contributed by atoms with Crippen LogP contribution < -0.4 is 20.4 Å². The highest BCUT2D eigenvalue weighted by Gasteiger charge is 2.37. The van der Waals surface area contributed by atoms with Crippen LogP contribution in [0.3, 0.4) is 0 Å². The van der Waals surface area contributed by atoms with Gasteiger partial charge in [-0.2, -0.15) is 0 Å². The number of nitrogens with zero attached hydrogens (tertiary/aromatic N) is 1. The van der Waals surface area contributed by atoms with E-state index in [2.05, 4.69) is 85.6 Å². The maximum atomic E-state index is 6.54. The Labute approximate surface area is 186 Å². The lowest BCUT2D eigenvalue weighted by Gasteiger charge is -2.26. The van der Waals surface area contributed by atoms with Crippen LogP contribution in [-0.2, 0) is 0 Å². The van der Waals surface area contributed by atoms with E-state index in [4.69, 9.17) is 4.74 Å². The molecule has 5 aromatic rings. The number of hydrogen-bond acceptors (Lipinski definition) is 3. The highest BCUT2D eigenvalue weighted by Crippen LogP contribution is 2.40. The van der Waals surface area contributed by atoms with E-state index in [-0.39, 0.29) is 6.71 Å². The van der Waals surface area contributed by atoms with E-state index in [1.165, 1.54) is 31.5 Å². The van der Waals surface area contributed by atoms with Gasteiger partial charge in [-0.3, -0.25) is 4.98 Å². The normalized spacial score (nSPS) is 12.4. The zero-order valence-corrected chi connectivity index (χ0v) is 18.2. The quantitative estimate of drug-likeness (QED) is 0.361. The first kappa shape index (κ1) is 18.4. The first-order valence-corrected chi connectivity index (χ1v) is 11.3. The Kier molecular flexibility index (Phi) is 4.22. The van der Waals surface area contributed by atoms with Gasteiger partial charge in [-0.1, -0.05) is 71.2 Å². The van der Waals surface area contributed by atoms with E-state index in [1.807, 2.05) is 29.7 Å². The van der Waals surface area contributed by atoms with Crippen molar-refractivity contribution in [1.82, 2.24) is 4.98 Å². The van der Waals surface area contributed by atoms with Crippen LogP contribution in [0.15, 0.2) is 85.1 Å².